The molecule has 0 unspecified atom stereocenters. The number of carbonyl (C=O) groups excluding carboxylic acids is 1. The minimum Gasteiger partial charge on any atom is -0.507 e. The van der Waals surface area contributed by atoms with Gasteiger partial charge in [-0.05, 0) is 35.4 Å². The van der Waals surface area contributed by atoms with Crippen molar-refractivity contribution in [3.05, 3.63) is 65.7 Å². The maximum atomic E-state index is 12.3. The molecule has 28 heavy (non-hydrogen) atoms. The molecule has 2 N–H and O–H groups in total. The van der Waals surface area contributed by atoms with Crippen LogP contribution in [0.4, 0.5) is 0 Å². The zero-order valence-corrected chi connectivity index (χ0v) is 15.8. The minimum absolute atomic E-state index is 0.110. The van der Waals surface area contributed by atoms with Crippen molar-refractivity contribution in [2.45, 2.75) is 13.3 Å². The second-order valence-corrected chi connectivity index (χ2v) is 6.13. The van der Waals surface area contributed by atoms with Gasteiger partial charge in [-0.3, -0.25) is 4.79 Å². The van der Waals surface area contributed by atoms with Crippen LogP contribution in [-0.2, 0) is 0 Å². The third-order valence-corrected chi connectivity index (χ3v) is 4.20. The van der Waals surface area contributed by atoms with Crippen molar-refractivity contribution in [2.75, 3.05) is 13.7 Å². The fourth-order valence-corrected chi connectivity index (χ4v) is 2.79. The Balaban J connectivity index is 1.85. The summed E-state index contributed by atoms with van der Waals surface area (Å²) in [5.74, 6) is 0.466. The van der Waals surface area contributed by atoms with Gasteiger partial charge in [-0.2, -0.15) is 5.10 Å². The topological polar surface area (TPSA) is 80.2 Å². The van der Waals surface area contributed by atoms with Gasteiger partial charge >= 0.3 is 0 Å². The number of phenolic OH excluding ortho intramolecular Hbond substituents is 1. The van der Waals surface area contributed by atoms with E-state index in [0.29, 0.717) is 18.1 Å². The van der Waals surface area contributed by atoms with Gasteiger partial charge in [0.15, 0.2) is 0 Å². The Labute approximate surface area is 163 Å². The molecule has 0 spiro atoms. The van der Waals surface area contributed by atoms with Crippen LogP contribution < -0.4 is 14.9 Å². The second-order valence-electron chi connectivity index (χ2n) is 6.13. The summed E-state index contributed by atoms with van der Waals surface area (Å²) < 4.78 is 10.8. The fourth-order valence-electron chi connectivity index (χ4n) is 2.79. The molecule has 0 bridgehead atoms. The maximum absolute atomic E-state index is 12.3. The van der Waals surface area contributed by atoms with Crippen molar-refractivity contribution in [2.24, 2.45) is 5.10 Å². The van der Waals surface area contributed by atoms with E-state index in [9.17, 15) is 9.90 Å². The van der Waals surface area contributed by atoms with Crippen LogP contribution in [-0.4, -0.2) is 30.9 Å². The van der Waals surface area contributed by atoms with Crippen molar-refractivity contribution in [1.29, 1.82) is 0 Å². The van der Waals surface area contributed by atoms with E-state index in [4.69, 9.17) is 9.47 Å². The molecule has 6 nitrogen and oxygen atoms in total. The quantitative estimate of drug-likeness (QED) is 0.479. The molecule has 0 fully saturated rings. The summed E-state index contributed by atoms with van der Waals surface area (Å²) in [6.45, 7) is 2.63. The molecule has 6 heteroatoms. The van der Waals surface area contributed by atoms with Crippen LogP contribution in [0.3, 0.4) is 0 Å². The van der Waals surface area contributed by atoms with E-state index in [1.807, 2.05) is 43.3 Å². The summed E-state index contributed by atoms with van der Waals surface area (Å²) >= 11 is 0. The monoisotopic (exact) mass is 378 g/mol. The number of hydrogen-bond acceptors (Lipinski definition) is 5. The van der Waals surface area contributed by atoms with Gasteiger partial charge in [-0.15, -0.1) is 0 Å². The summed E-state index contributed by atoms with van der Waals surface area (Å²) in [7, 11) is 1.49. The molecular weight excluding hydrogens is 356 g/mol. The minimum atomic E-state index is -0.521. The van der Waals surface area contributed by atoms with Gasteiger partial charge in [0.25, 0.3) is 5.91 Å². The van der Waals surface area contributed by atoms with Crippen molar-refractivity contribution >= 4 is 22.9 Å². The molecule has 0 saturated heterocycles. The normalized spacial score (nSPS) is 10.9. The first-order valence-corrected chi connectivity index (χ1v) is 8.99. The lowest BCUT2D eigenvalue weighted by molar-refractivity contribution is 0.0952. The van der Waals surface area contributed by atoms with E-state index in [0.717, 1.165) is 22.8 Å². The summed E-state index contributed by atoms with van der Waals surface area (Å²) in [5.41, 5.74) is 3.34. The van der Waals surface area contributed by atoms with E-state index in [1.54, 1.807) is 12.3 Å². The molecule has 1 amide bonds. The number of phenols is 1. The highest BCUT2D eigenvalue weighted by Crippen LogP contribution is 2.27. The zero-order chi connectivity index (χ0) is 19.9. The second kappa shape index (κ2) is 8.90. The number of aromatic hydroxyl groups is 1. The number of ether oxygens (including phenoxy) is 2. The van der Waals surface area contributed by atoms with E-state index in [-0.39, 0.29) is 11.3 Å². The first-order chi connectivity index (χ1) is 13.6. The predicted molar refractivity (Wildman–Crippen MR) is 109 cm³/mol. The van der Waals surface area contributed by atoms with E-state index < -0.39 is 5.91 Å². The Morgan fingerprint density at radius 3 is 2.75 bits per heavy atom. The molecular formula is C22H22N2O4. The van der Waals surface area contributed by atoms with Crippen molar-refractivity contribution in [1.82, 2.24) is 5.43 Å². The lowest BCUT2D eigenvalue weighted by atomic mass is 10.0. The third kappa shape index (κ3) is 4.23. The molecule has 144 valence electrons. The molecule has 0 aromatic heterocycles. The summed E-state index contributed by atoms with van der Waals surface area (Å²) in [6.07, 6.45) is 2.45. The van der Waals surface area contributed by atoms with Crippen LogP contribution in [0.25, 0.3) is 10.8 Å². The Bertz CT molecular complexity index is 1010. The average Bonchev–Trinajstić information content (AvgIpc) is 2.72. The van der Waals surface area contributed by atoms with Gasteiger partial charge in [0.2, 0.25) is 0 Å². The highest BCUT2D eigenvalue weighted by molar-refractivity contribution is 6.03. The van der Waals surface area contributed by atoms with Crippen LogP contribution in [0, 0.1) is 0 Å². The number of rotatable bonds is 7. The zero-order valence-electron chi connectivity index (χ0n) is 15.8. The van der Waals surface area contributed by atoms with Crippen molar-refractivity contribution < 1.29 is 19.4 Å². The predicted octanol–water partition coefficient (Wildman–Crippen LogP) is 4.11. The average molecular weight is 378 g/mol. The summed E-state index contributed by atoms with van der Waals surface area (Å²) in [4.78, 5) is 12.3. The molecule has 0 aliphatic carbocycles. The molecule has 0 radical (unpaired) electrons. The van der Waals surface area contributed by atoms with Gasteiger partial charge in [0.1, 0.15) is 17.2 Å². The van der Waals surface area contributed by atoms with Crippen LogP contribution >= 0.6 is 0 Å². The van der Waals surface area contributed by atoms with Gasteiger partial charge in [0.05, 0.1) is 25.5 Å². The first kappa shape index (κ1) is 19.2. The van der Waals surface area contributed by atoms with Crippen LogP contribution in [0.5, 0.6) is 17.2 Å². The number of nitrogens with one attached hydrogen (secondary N) is 1. The molecule has 0 heterocycles. The van der Waals surface area contributed by atoms with Crippen LogP contribution in [0.2, 0.25) is 0 Å². The Morgan fingerprint density at radius 1 is 1.18 bits per heavy atom. The Hall–Kier alpha value is -3.54. The van der Waals surface area contributed by atoms with Crippen molar-refractivity contribution in [3.8, 4) is 17.2 Å². The molecule has 3 rings (SSSR count). The smallest absolute Gasteiger partial charge is 0.275 e. The Morgan fingerprint density at radius 2 is 2.00 bits per heavy atom. The SMILES string of the molecule is CCCOc1ccc2ccccc2c1/C=N\NC(=O)c1ccc(OC)cc1O. The van der Waals surface area contributed by atoms with Crippen LogP contribution in [0.1, 0.15) is 29.3 Å². The van der Waals surface area contributed by atoms with E-state index in [2.05, 4.69) is 10.5 Å². The summed E-state index contributed by atoms with van der Waals surface area (Å²) in [5, 5.41) is 16.1. The Kier molecular flexibility index (Phi) is 6.11. The summed E-state index contributed by atoms with van der Waals surface area (Å²) in [6, 6.07) is 16.2. The van der Waals surface area contributed by atoms with Crippen molar-refractivity contribution in [3.63, 3.8) is 0 Å². The third-order valence-electron chi connectivity index (χ3n) is 4.20. The number of methoxy groups -OCH3 is 1. The lowest BCUT2D eigenvalue weighted by Crippen LogP contribution is -2.17. The maximum Gasteiger partial charge on any atom is 0.275 e. The number of carbonyl (C=O) groups is 1. The molecule has 3 aromatic rings. The van der Waals surface area contributed by atoms with Gasteiger partial charge in [-0.25, -0.2) is 5.43 Å². The number of nitrogens with zero attached hydrogens (tertiary/aromatic N) is 1. The van der Waals surface area contributed by atoms with Gasteiger partial charge in [0, 0.05) is 11.6 Å². The highest BCUT2D eigenvalue weighted by atomic mass is 16.5. The lowest BCUT2D eigenvalue weighted by Gasteiger charge is -2.11. The molecule has 0 aliphatic heterocycles. The standard InChI is InChI=1S/C22H22N2O4/c1-3-12-28-21-11-8-15-6-4-5-7-17(15)19(21)14-23-24-22(26)18-10-9-16(27-2)13-20(18)25/h4-11,13-14,25H,3,12H2,1-2H3,(H,24,26)/b23-14-. The number of fused-ring (bicyclic) bond motifs is 1. The highest BCUT2D eigenvalue weighted by Gasteiger charge is 2.12. The fraction of sp³-hybridized carbons (Fsp3) is 0.182. The van der Waals surface area contributed by atoms with E-state index in [1.165, 1.54) is 19.2 Å². The molecule has 0 saturated carbocycles. The van der Waals surface area contributed by atoms with E-state index >= 15 is 0 Å². The molecule has 3 aromatic carbocycles. The number of hydrazone groups is 1. The van der Waals surface area contributed by atoms with Gasteiger partial charge < -0.3 is 14.6 Å². The largest absolute Gasteiger partial charge is 0.507 e. The van der Waals surface area contributed by atoms with Gasteiger partial charge in [-0.1, -0.05) is 37.3 Å². The number of benzene rings is 3. The first-order valence-electron chi connectivity index (χ1n) is 8.99. The van der Waals surface area contributed by atoms with Crippen LogP contribution in [0.15, 0.2) is 59.7 Å². The molecule has 0 atom stereocenters. The number of hydrogen-bond donors (Lipinski definition) is 2. The number of amides is 1. The molecule has 0 aliphatic rings.